The van der Waals surface area contributed by atoms with Crippen LogP contribution in [0.4, 0.5) is 0 Å². The molecule has 0 spiro atoms. The minimum atomic E-state index is -0.569. The van der Waals surface area contributed by atoms with Crippen molar-refractivity contribution in [1.29, 1.82) is 0 Å². The third-order valence-electron chi connectivity index (χ3n) is 1.30. The van der Waals surface area contributed by atoms with Crippen LogP contribution in [0.1, 0.15) is 13.8 Å². The minimum absolute atomic E-state index is 0.214. The molecule has 0 unspecified atom stereocenters. The highest BCUT2D eigenvalue weighted by Gasteiger charge is 2.21. The maximum Gasteiger partial charge on any atom is 0.335 e. The molecule has 11 heavy (non-hydrogen) atoms. The van der Waals surface area contributed by atoms with E-state index in [9.17, 15) is 9.59 Å². The van der Waals surface area contributed by atoms with Crippen molar-refractivity contribution in [2.24, 2.45) is 0 Å². The first-order valence-corrected chi connectivity index (χ1v) is 3.26. The fourth-order valence-electron chi connectivity index (χ4n) is 0.809. The van der Waals surface area contributed by atoms with Crippen LogP contribution in [0.5, 0.6) is 0 Å². The number of nitrogens with one attached hydrogen (secondary N) is 1. The Morgan fingerprint density at radius 3 is 2.73 bits per heavy atom. The van der Waals surface area contributed by atoms with Crippen molar-refractivity contribution in [3.05, 3.63) is 11.6 Å². The third-order valence-corrected chi connectivity index (χ3v) is 1.30. The molecule has 0 aromatic carbocycles. The Bertz CT molecular complexity index is 232. The normalized spacial score (nSPS) is 22.5. The van der Waals surface area contributed by atoms with Crippen LogP contribution in [0.2, 0.25) is 0 Å². The van der Waals surface area contributed by atoms with Crippen LogP contribution in [0.3, 0.4) is 0 Å². The highest BCUT2D eigenvalue weighted by Crippen LogP contribution is 2.09. The Balaban J connectivity index is 2.54. The summed E-state index contributed by atoms with van der Waals surface area (Å²) in [7, 11) is 0. The molecule has 1 heterocycles. The first kappa shape index (κ1) is 7.78. The van der Waals surface area contributed by atoms with E-state index in [1.54, 1.807) is 13.0 Å². The predicted molar refractivity (Wildman–Crippen MR) is 37.5 cm³/mol. The number of ether oxygens (including phenoxy) is 1. The summed E-state index contributed by atoms with van der Waals surface area (Å²) in [6.07, 6.45) is 1.00. The van der Waals surface area contributed by atoms with E-state index in [0.717, 1.165) is 0 Å². The average Bonchev–Trinajstić information content (AvgIpc) is 2.10. The van der Waals surface area contributed by atoms with E-state index in [2.05, 4.69) is 5.32 Å². The summed E-state index contributed by atoms with van der Waals surface area (Å²) in [4.78, 5) is 21.2. The highest BCUT2D eigenvalue weighted by atomic mass is 16.6. The van der Waals surface area contributed by atoms with Gasteiger partial charge in [-0.15, -0.1) is 0 Å². The molecule has 0 aliphatic carbocycles. The zero-order valence-electron chi connectivity index (χ0n) is 6.38. The maximum atomic E-state index is 10.7. The number of cyclic esters (lactones) is 1. The standard InChI is InChI=1S/C7H9NO3/c1-4-3-6(8-5(2)9)11-7(4)10/h3,6H,1-2H3,(H,8,9)/t6-/m0/s1. The molecule has 0 aromatic rings. The molecule has 1 rings (SSSR count). The summed E-state index contributed by atoms with van der Waals surface area (Å²) in [5.41, 5.74) is 0.531. The molecule has 4 nitrogen and oxygen atoms in total. The zero-order chi connectivity index (χ0) is 8.43. The largest absolute Gasteiger partial charge is 0.435 e. The molecule has 0 radical (unpaired) electrons. The van der Waals surface area contributed by atoms with Crippen LogP contribution in [0.15, 0.2) is 11.6 Å². The van der Waals surface area contributed by atoms with Crippen LogP contribution in [-0.2, 0) is 14.3 Å². The molecule has 0 saturated carbocycles. The molecular formula is C7H9NO3. The fourth-order valence-corrected chi connectivity index (χ4v) is 0.809. The van der Waals surface area contributed by atoms with Crippen molar-refractivity contribution in [1.82, 2.24) is 5.32 Å². The SMILES string of the molecule is CC(=O)N[C@@H]1C=C(C)C(=O)O1. The lowest BCUT2D eigenvalue weighted by atomic mass is 10.3. The lowest BCUT2D eigenvalue weighted by molar-refractivity contribution is -0.141. The molecule has 1 aliphatic rings. The summed E-state index contributed by atoms with van der Waals surface area (Å²) in [5.74, 6) is -0.586. The molecule has 0 aromatic heterocycles. The van der Waals surface area contributed by atoms with Gasteiger partial charge in [-0.25, -0.2) is 4.79 Å². The Morgan fingerprint density at radius 1 is 1.73 bits per heavy atom. The average molecular weight is 155 g/mol. The second-order valence-corrected chi connectivity index (χ2v) is 2.38. The number of hydrogen-bond acceptors (Lipinski definition) is 3. The molecule has 1 atom stereocenters. The van der Waals surface area contributed by atoms with E-state index >= 15 is 0 Å². The summed E-state index contributed by atoms with van der Waals surface area (Å²) in [5, 5.41) is 2.44. The first-order chi connectivity index (χ1) is 5.09. The van der Waals surface area contributed by atoms with E-state index in [1.807, 2.05) is 0 Å². The van der Waals surface area contributed by atoms with Gasteiger partial charge in [0.25, 0.3) is 0 Å². The van der Waals surface area contributed by atoms with Crippen LogP contribution in [0.25, 0.3) is 0 Å². The van der Waals surface area contributed by atoms with Gasteiger partial charge in [-0.2, -0.15) is 0 Å². The molecule has 4 heteroatoms. The van der Waals surface area contributed by atoms with Crippen LogP contribution in [0, 0.1) is 0 Å². The first-order valence-electron chi connectivity index (χ1n) is 3.26. The lowest BCUT2D eigenvalue weighted by Gasteiger charge is -2.07. The predicted octanol–water partition coefficient (Wildman–Crippen LogP) is -0.0483. The number of amides is 1. The lowest BCUT2D eigenvalue weighted by Crippen LogP contribution is -2.32. The number of esters is 1. The Labute approximate surface area is 64.2 Å². The topological polar surface area (TPSA) is 55.4 Å². The van der Waals surface area contributed by atoms with E-state index in [1.165, 1.54) is 6.92 Å². The van der Waals surface area contributed by atoms with Gasteiger partial charge in [0.2, 0.25) is 5.91 Å². The van der Waals surface area contributed by atoms with Gasteiger partial charge in [0.05, 0.1) is 0 Å². The van der Waals surface area contributed by atoms with Gasteiger partial charge in [0.1, 0.15) is 0 Å². The molecule has 0 saturated heterocycles. The molecule has 0 fully saturated rings. The summed E-state index contributed by atoms with van der Waals surface area (Å²) >= 11 is 0. The van der Waals surface area contributed by atoms with Crippen molar-refractivity contribution in [2.75, 3.05) is 0 Å². The summed E-state index contributed by atoms with van der Waals surface area (Å²) < 4.78 is 4.72. The molecule has 0 bridgehead atoms. The number of hydrogen-bond donors (Lipinski definition) is 1. The Hall–Kier alpha value is -1.32. The van der Waals surface area contributed by atoms with Crippen molar-refractivity contribution in [2.45, 2.75) is 20.1 Å². The maximum absolute atomic E-state index is 10.7. The van der Waals surface area contributed by atoms with Gasteiger partial charge in [-0.3, -0.25) is 4.79 Å². The van der Waals surface area contributed by atoms with Gasteiger partial charge in [0.15, 0.2) is 6.23 Å². The van der Waals surface area contributed by atoms with E-state index < -0.39 is 6.23 Å². The monoisotopic (exact) mass is 155 g/mol. The van der Waals surface area contributed by atoms with Gasteiger partial charge in [-0.05, 0) is 13.0 Å². The second kappa shape index (κ2) is 2.74. The van der Waals surface area contributed by atoms with E-state index in [-0.39, 0.29) is 11.9 Å². The molecule has 1 aliphatic heterocycles. The third kappa shape index (κ3) is 1.80. The highest BCUT2D eigenvalue weighted by molar-refractivity contribution is 5.90. The fraction of sp³-hybridized carbons (Fsp3) is 0.429. The van der Waals surface area contributed by atoms with Gasteiger partial charge >= 0.3 is 5.97 Å². The van der Waals surface area contributed by atoms with E-state index in [0.29, 0.717) is 5.57 Å². The quantitative estimate of drug-likeness (QED) is 0.540. The Morgan fingerprint density at radius 2 is 2.36 bits per heavy atom. The van der Waals surface area contributed by atoms with Gasteiger partial charge < -0.3 is 10.1 Å². The van der Waals surface area contributed by atoms with Gasteiger partial charge in [0, 0.05) is 12.5 Å². The molecule has 60 valence electrons. The van der Waals surface area contributed by atoms with Crippen molar-refractivity contribution >= 4 is 11.9 Å². The summed E-state index contributed by atoms with van der Waals surface area (Å²) in [6, 6.07) is 0. The second-order valence-electron chi connectivity index (χ2n) is 2.38. The van der Waals surface area contributed by atoms with Crippen molar-refractivity contribution < 1.29 is 14.3 Å². The molecule has 1 N–H and O–H groups in total. The number of carbonyl (C=O) groups excluding carboxylic acids is 2. The minimum Gasteiger partial charge on any atom is -0.435 e. The Kier molecular flexibility index (Phi) is 1.94. The van der Waals surface area contributed by atoms with Crippen LogP contribution in [-0.4, -0.2) is 18.1 Å². The van der Waals surface area contributed by atoms with Crippen molar-refractivity contribution in [3.63, 3.8) is 0 Å². The van der Waals surface area contributed by atoms with Gasteiger partial charge in [-0.1, -0.05) is 0 Å². The zero-order valence-corrected chi connectivity index (χ0v) is 6.38. The smallest absolute Gasteiger partial charge is 0.335 e. The summed E-state index contributed by atoms with van der Waals surface area (Å²) in [6.45, 7) is 3.01. The molecule has 1 amide bonds. The number of rotatable bonds is 1. The van der Waals surface area contributed by atoms with E-state index in [4.69, 9.17) is 4.74 Å². The van der Waals surface area contributed by atoms with Crippen molar-refractivity contribution in [3.8, 4) is 0 Å². The molecular weight excluding hydrogens is 146 g/mol. The van der Waals surface area contributed by atoms with Crippen LogP contribution < -0.4 is 5.32 Å². The number of carbonyl (C=O) groups is 2. The van der Waals surface area contributed by atoms with Crippen LogP contribution >= 0.6 is 0 Å².